The monoisotopic (exact) mass is 282 g/mol. The second-order valence-electron chi connectivity index (χ2n) is 4.18. The highest BCUT2D eigenvalue weighted by Crippen LogP contribution is 2.26. The Labute approximate surface area is 117 Å². The van der Waals surface area contributed by atoms with Crippen molar-refractivity contribution in [2.75, 3.05) is 6.61 Å². The van der Waals surface area contributed by atoms with Crippen LogP contribution >= 0.6 is 0 Å². The number of esters is 1. The summed E-state index contributed by atoms with van der Waals surface area (Å²) in [5.41, 5.74) is 0.507. The van der Waals surface area contributed by atoms with E-state index in [1.54, 1.807) is 19.9 Å². The van der Waals surface area contributed by atoms with Crippen molar-refractivity contribution in [1.82, 2.24) is 4.98 Å². The smallest absolute Gasteiger partial charge is 0.406 e. The van der Waals surface area contributed by atoms with E-state index in [1.165, 1.54) is 6.07 Å². The Bertz CT molecular complexity index is 490. The Morgan fingerprint density at radius 1 is 1.45 bits per heavy atom. The van der Waals surface area contributed by atoms with Gasteiger partial charge in [-0.05, 0) is 35.4 Å². The van der Waals surface area contributed by atoms with Gasteiger partial charge in [0.1, 0.15) is 5.69 Å². The minimum atomic E-state index is -0.858. The predicted octanol–water partition coefficient (Wildman–Crippen LogP) is 2.41. The SMILES string of the molecule is CCCC(Oc1ccc(C)nc1[N+](=O)[O-])C(=O)OCC. The highest BCUT2D eigenvalue weighted by Gasteiger charge is 2.26. The van der Waals surface area contributed by atoms with E-state index in [1.807, 2.05) is 6.92 Å². The fourth-order valence-corrected chi connectivity index (χ4v) is 1.63. The summed E-state index contributed by atoms with van der Waals surface area (Å²) in [7, 11) is 0. The van der Waals surface area contributed by atoms with Gasteiger partial charge in [-0.3, -0.25) is 0 Å². The van der Waals surface area contributed by atoms with E-state index in [2.05, 4.69) is 4.98 Å². The van der Waals surface area contributed by atoms with E-state index >= 15 is 0 Å². The van der Waals surface area contributed by atoms with E-state index in [0.717, 1.165) is 0 Å². The van der Waals surface area contributed by atoms with E-state index in [-0.39, 0.29) is 12.4 Å². The molecule has 0 aromatic carbocycles. The van der Waals surface area contributed by atoms with Crippen LogP contribution in [0.25, 0.3) is 0 Å². The summed E-state index contributed by atoms with van der Waals surface area (Å²) in [6.45, 7) is 5.45. The predicted molar refractivity (Wildman–Crippen MR) is 71.6 cm³/mol. The van der Waals surface area contributed by atoms with Crippen molar-refractivity contribution in [1.29, 1.82) is 0 Å². The van der Waals surface area contributed by atoms with Gasteiger partial charge in [0.15, 0.2) is 6.10 Å². The molecular formula is C13H18N2O5. The first-order valence-electron chi connectivity index (χ1n) is 6.44. The number of hydrogen-bond donors (Lipinski definition) is 0. The Morgan fingerprint density at radius 2 is 2.15 bits per heavy atom. The van der Waals surface area contributed by atoms with Gasteiger partial charge in [-0.15, -0.1) is 0 Å². The molecule has 0 N–H and O–H groups in total. The Balaban J connectivity index is 2.98. The van der Waals surface area contributed by atoms with Crippen LogP contribution in [0.5, 0.6) is 5.75 Å². The maximum atomic E-state index is 11.7. The third kappa shape index (κ3) is 4.18. The van der Waals surface area contributed by atoms with Gasteiger partial charge in [0, 0.05) is 6.92 Å². The van der Waals surface area contributed by atoms with Crippen LogP contribution < -0.4 is 4.74 Å². The summed E-state index contributed by atoms with van der Waals surface area (Å²) in [5, 5.41) is 11.0. The molecule has 1 atom stereocenters. The summed E-state index contributed by atoms with van der Waals surface area (Å²) in [5.74, 6) is -0.938. The van der Waals surface area contributed by atoms with Gasteiger partial charge in [-0.25, -0.2) is 4.79 Å². The molecule has 20 heavy (non-hydrogen) atoms. The van der Waals surface area contributed by atoms with E-state index in [9.17, 15) is 14.9 Å². The van der Waals surface area contributed by atoms with Crippen molar-refractivity contribution in [2.24, 2.45) is 0 Å². The average molecular weight is 282 g/mol. The molecule has 1 rings (SSSR count). The number of ether oxygens (including phenoxy) is 2. The van der Waals surface area contributed by atoms with Crippen molar-refractivity contribution in [2.45, 2.75) is 39.7 Å². The molecule has 7 nitrogen and oxygen atoms in total. The number of carbonyl (C=O) groups is 1. The molecule has 0 aliphatic heterocycles. The Hall–Kier alpha value is -2.18. The van der Waals surface area contributed by atoms with Crippen LogP contribution in [0.2, 0.25) is 0 Å². The zero-order chi connectivity index (χ0) is 15.1. The second kappa shape index (κ2) is 7.42. The molecule has 0 fully saturated rings. The molecule has 1 heterocycles. The fraction of sp³-hybridized carbons (Fsp3) is 0.538. The second-order valence-corrected chi connectivity index (χ2v) is 4.18. The maximum absolute atomic E-state index is 11.7. The molecule has 0 amide bonds. The molecule has 0 aliphatic rings. The van der Waals surface area contributed by atoms with Crippen molar-refractivity contribution >= 4 is 11.8 Å². The molecule has 0 saturated heterocycles. The van der Waals surface area contributed by atoms with Gasteiger partial charge in [0.05, 0.1) is 6.61 Å². The largest absolute Gasteiger partial charge is 0.470 e. The molecule has 0 spiro atoms. The molecule has 1 unspecified atom stereocenters. The van der Waals surface area contributed by atoms with Gasteiger partial charge in [0.2, 0.25) is 5.75 Å². The molecule has 0 radical (unpaired) electrons. The highest BCUT2D eigenvalue weighted by atomic mass is 16.6. The summed E-state index contributed by atoms with van der Waals surface area (Å²) in [6, 6.07) is 3.04. The van der Waals surface area contributed by atoms with Crippen molar-refractivity contribution in [3.05, 3.63) is 27.9 Å². The molecule has 7 heteroatoms. The topological polar surface area (TPSA) is 91.6 Å². The van der Waals surface area contributed by atoms with E-state index in [4.69, 9.17) is 9.47 Å². The van der Waals surface area contributed by atoms with Crippen LogP contribution in [0.15, 0.2) is 12.1 Å². The Kier molecular flexibility index (Phi) is 5.89. The van der Waals surface area contributed by atoms with Gasteiger partial charge in [-0.1, -0.05) is 13.3 Å². The number of pyridine rings is 1. The highest BCUT2D eigenvalue weighted by molar-refractivity contribution is 5.75. The van der Waals surface area contributed by atoms with Crippen LogP contribution in [0.1, 0.15) is 32.4 Å². The standard InChI is InChI=1S/C13H18N2O5/c1-4-6-11(13(16)19-5-2)20-10-8-7-9(3)14-12(10)15(17)18/h7-8,11H,4-6H2,1-3H3. The lowest BCUT2D eigenvalue weighted by Gasteiger charge is -2.16. The summed E-state index contributed by atoms with van der Waals surface area (Å²) in [4.78, 5) is 25.9. The number of hydrogen-bond acceptors (Lipinski definition) is 6. The minimum Gasteiger partial charge on any atom is -0.470 e. The molecule has 0 saturated carbocycles. The third-order valence-electron chi connectivity index (χ3n) is 2.52. The number of aromatic nitrogens is 1. The number of aryl methyl sites for hydroxylation is 1. The van der Waals surface area contributed by atoms with Crippen LogP contribution in [0, 0.1) is 17.0 Å². The van der Waals surface area contributed by atoms with Gasteiger partial charge < -0.3 is 19.6 Å². The number of nitrogens with zero attached hydrogens (tertiary/aromatic N) is 2. The average Bonchev–Trinajstić information content (AvgIpc) is 2.40. The molecule has 1 aromatic heterocycles. The van der Waals surface area contributed by atoms with Crippen molar-refractivity contribution in [3.63, 3.8) is 0 Å². The first-order chi connectivity index (χ1) is 9.49. The van der Waals surface area contributed by atoms with E-state index < -0.39 is 22.8 Å². The molecular weight excluding hydrogens is 264 g/mol. The first-order valence-corrected chi connectivity index (χ1v) is 6.44. The van der Waals surface area contributed by atoms with Crippen LogP contribution in [0.4, 0.5) is 5.82 Å². The lowest BCUT2D eigenvalue weighted by atomic mass is 10.2. The number of rotatable bonds is 7. The molecule has 110 valence electrons. The lowest BCUT2D eigenvalue weighted by molar-refractivity contribution is -0.390. The number of nitro groups is 1. The van der Waals surface area contributed by atoms with Crippen molar-refractivity contribution < 1.29 is 19.2 Å². The lowest BCUT2D eigenvalue weighted by Crippen LogP contribution is -2.29. The van der Waals surface area contributed by atoms with Gasteiger partial charge in [0.25, 0.3) is 0 Å². The zero-order valence-corrected chi connectivity index (χ0v) is 11.8. The van der Waals surface area contributed by atoms with Crippen LogP contribution in [-0.4, -0.2) is 28.6 Å². The maximum Gasteiger partial charge on any atom is 0.406 e. The van der Waals surface area contributed by atoms with Crippen molar-refractivity contribution in [3.8, 4) is 5.75 Å². The van der Waals surface area contributed by atoms with Gasteiger partial charge in [-0.2, -0.15) is 0 Å². The normalized spacial score (nSPS) is 11.8. The quantitative estimate of drug-likeness (QED) is 0.433. The van der Waals surface area contributed by atoms with E-state index in [0.29, 0.717) is 18.5 Å². The van der Waals surface area contributed by atoms with Crippen LogP contribution in [-0.2, 0) is 9.53 Å². The summed E-state index contributed by atoms with van der Waals surface area (Å²) < 4.78 is 10.3. The molecule has 0 aliphatic carbocycles. The third-order valence-corrected chi connectivity index (χ3v) is 2.52. The Morgan fingerprint density at radius 3 is 2.70 bits per heavy atom. The zero-order valence-electron chi connectivity index (χ0n) is 11.8. The molecule has 0 bridgehead atoms. The number of carbonyl (C=O) groups excluding carboxylic acids is 1. The van der Waals surface area contributed by atoms with Crippen LogP contribution in [0.3, 0.4) is 0 Å². The fourth-order valence-electron chi connectivity index (χ4n) is 1.63. The summed E-state index contributed by atoms with van der Waals surface area (Å²) >= 11 is 0. The first kappa shape index (κ1) is 15.9. The molecule has 1 aromatic rings. The minimum absolute atomic E-state index is 0.0212. The summed E-state index contributed by atoms with van der Waals surface area (Å²) in [6.07, 6.45) is 0.253. The van der Waals surface area contributed by atoms with Gasteiger partial charge >= 0.3 is 11.8 Å².